The first-order valence-corrected chi connectivity index (χ1v) is 11.6. The van der Waals surface area contributed by atoms with Crippen molar-refractivity contribution >= 4 is 26.9 Å². The molecule has 0 radical (unpaired) electrons. The average Bonchev–Trinajstić information content (AvgIpc) is 3.03. The van der Waals surface area contributed by atoms with Crippen molar-refractivity contribution in [3.63, 3.8) is 0 Å². The molecule has 1 aliphatic rings. The minimum absolute atomic E-state index is 0.0449. The number of fused-ring (bicyclic) bond motifs is 1. The largest absolute Gasteiger partial charge is 0.478 e. The average molecular weight is 425 g/mol. The van der Waals surface area contributed by atoms with E-state index in [2.05, 4.69) is 4.98 Å². The molecule has 2 heterocycles. The van der Waals surface area contributed by atoms with Crippen LogP contribution in [0.2, 0.25) is 0 Å². The molecule has 2 aromatic carbocycles. The van der Waals surface area contributed by atoms with Crippen LogP contribution in [0, 0.1) is 6.92 Å². The highest BCUT2D eigenvalue weighted by Crippen LogP contribution is 2.29. The minimum Gasteiger partial charge on any atom is -0.478 e. The third-order valence-corrected chi connectivity index (χ3v) is 7.46. The van der Waals surface area contributed by atoms with Crippen molar-refractivity contribution in [3.8, 4) is 11.3 Å². The predicted molar refractivity (Wildman–Crippen MR) is 116 cm³/mol. The van der Waals surface area contributed by atoms with Gasteiger partial charge in [0.1, 0.15) is 0 Å². The summed E-state index contributed by atoms with van der Waals surface area (Å²) in [6, 6.07) is 13.8. The molecule has 4 rings (SSSR count). The molecule has 3 aromatic rings. The Morgan fingerprint density at radius 3 is 2.27 bits per heavy atom. The molecule has 30 heavy (non-hydrogen) atoms. The van der Waals surface area contributed by atoms with Gasteiger partial charge in [0.25, 0.3) is 0 Å². The van der Waals surface area contributed by atoms with Crippen LogP contribution in [-0.4, -0.2) is 41.9 Å². The lowest BCUT2D eigenvalue weighted by atomic mass is 10.0. The Bertz CT molecular complexity index is 1200. The van der Waals surface area contributed by atoms with E-state index in [0.29, 0.717) is 29.7 Å². The van der Waals surface area contributed by atoms with Gasteiger partial charge >= 0.3 is 5.97 Å². The van der Waals surface area contributed by atoms with Crippen molar-refractivity contribution in [2.24, 2.45) is 0 Å². The predicted octanol–water partition coefficient (Wildman–Crippen LogP) is 4.47. The number of benzene rings is 2. The topological polar surface area (TPSA) is 87.6 Å². The Hall–Kier alpha value is -2.77. The minimum atomic E-state index is -3.67. The molecule has 1 saturated heterocycles. The monoisotopic (exact) mass is 424 g/mol. The van der Waals surface area contributed by atoms with Gasteiger partial charge in [-0.15, -0.1) is 0 Å². The van der Waals surface area contributed by atoms with E-state index in [9.17, 15) is 18.3 Å². The summed E-state index contributed by atoms with van der Waals surface area (Å²) < 4.78 is 27.8. The van der Waals surface area contributed by atoms with Crippen LogP contribution in [-0.2, 0) is 10.0 Å². The number of hydrogen-bond acceptors (Lipinski definition) is 4. The second-order valence-electron chi connectivity index (χ2n) is 7.72. The maximum absolute atomic E-state index is 13.1. The maximum atomic E-state index is 13.1. The van der Waals surface area contributed by atoms with Gasteiger partial charge in [-0.3, -0.25) is 0 Å². The third-order valence-electron chi connectivity index (χ3n) is 5.56. The van der Waals surface area contributed by atoms with Gasteiger partial charge in [0.15, 0.2) is 0 Å². The molecule has 0 bridgehead atoms. The normalized spacial score (nSPS) is 15.8. The summed E-state index contributed by atoms with van der Waals surface area (Å²) in [5, 5.41) is 10.1. The summed E-state index contributed by atoms with van der Waals surface area (Å²) in [7, 11) is -3.67. The van der Waals surface area contributed by atoms with Crippen LogP contribution < -0.4 is 0 Å². The zero-order valence-electron chi connectivity index (χ0n) is 16.8. The van der Waals surface area contributed by atoms with Crippen molar-refractivity contribution < 1.29 is 18.3 Å². The lowest BCUT2D eigenvalue weighted by molar-refractivity contribution is 0.0699. The van der Waals surface area contributed by atoms with E-state index < -0.39 is 16.0 Å². The van der Waals surface area contributed by atoms with E-state index in [-0.39, 0.29) is 10.5 Å². The Morgan fingerprint density at radius 2 is 1.63 bits per heavy atom. The molecule has 1 aromatic heterocycles. The number of rotatable bonds is 4. The van der Waals surface area contributed by atoms with Crippen LogP contribution in [0.4, 0.5) is 0 Å². The third kappa shape index (κ3) is 3.95. The zero-order valence-corrected chi connectivity index (χ0v) is 17.7. The quantitative estimate of drug-likeness (QED) is 0.667. The standard InChI is InChI=1S/C23H24N2O4S/c1-16-6-8-17(9-7-16)22-15-20(23(26)27)19-14-18(10-11-21(19)24-22)30(28,29)25-12-4-2-3-5-13-25/h6-11,14-15H,2-5,12-13H2,1H3,(H,26,27). The molecule has 0 unspecified atom stereocenters. The number of pyridine rings is 1. The van der Waals surface area contributed by atoms with E-state index in [4.69, 9.17) is 0 Å². The molecular weight excluding hydrogens is 400 g/mol. The van der Waals surface area contributed by atoms with Gasteiger partial charge in [0.05, 0.1) is 21.7 Å². The first-order chi connectivity index (χ1) is 14.4. The maximum Gasteiger partial charge on any atom is 0.336 e. The first-order valence-electron chi connectivity index (χ1n) is 10.1. The fourth-order valence-electron chi connectivity index (χ4n) is 3.85. The second kappa shape index (κ2) is 8.16. The van der Waals surface area contributed by atoms with Crippen molar-refractivity contribution in [3.05, 3.63) is 59.7 Å². The summed E-state index contributed by atoms with van der Waals surface area (Å²) in [5.41, 5.74) is 2.96. The zero-order chi connectivity index (χ0) is 21.3. The SMILES string of the molecule is Cc1ccc(-c2cc(C(=O)O)c3cc(S(=O)(=O)N4CCCCCC4)ccc3n2)cc1. The summed E-state index contributed by atoms with van der Waals surface area (Å²) in [4.78, 5) is 16.7. The van der Waals surface area contributed by atoms with Gasteiger partial charge in [0.2, 0.25) is 10.0 Å². The van der Waals surface area contributed by atoms with Crippen LogP contribution >= 0.6 is 0 Å². The lowest BCUT2D eigenvalue weighted by Crippen LogP contribution is -2.31. The van der Waals surface area contributed by atoms with E-state index in [1.807, 2.05) is 31.2 Å². The van der Waals surface area contributed by atoms with Gasteiger partial charge in [0, 0.05) is 24.0 Å². The van der Waals surface area contributed by atoms with Crippen molar-refractivity contribution in [2.45, 2.75) is 37.5 Å². The molecule has 156 valence electrons. The van der Waals surface area contributed by atoms with Crippen LogP contribution in [0.15, 0.2) is 53.4 Å². The molecule has 1 aliphatic heterocycles. The van der Waals surface area contributed by atoms with E-state index in [1.165, 1.54) is 22.5 Å². The summed E-state index contributed by atoms with van der Waals surface area (Å²) >= 11 is 0. The van der Waals surface area contributed by atoms with Crippen molar-refractivity contribution in [1.82, 2.24) is 9.29 Å². The second-order valence-corrected chi connectivity index (χ2v) is 9.66. The summed E-state index contributed by atoms with van der Waals surface area (Å²) in [5.74, 6) is -1.11. The first kappa shape index (κ1) is 20.5. The highest BCUT2D eigenvalue weighted by Gasteiger charge is 2.26. The summed E-state index contributed by atoms with van der Waals surface area (Å²) in [6.45, 7) is 2.97. The molecule has 0 amide bonds. The molecule has 7 heteroatoms. The van der Waals surface area contributed by atoms with Gasteiger partial charge < -0.3 is 5.11 Å². The Morgan fingerprint density at radius 1 is 0.967 bits per heavy atom. The number of hydrogen-bond donors (Lipinski definition) is 1. The molecule has 0 spiro atoms. The van der Waals surface area contributed by atoms with Gasteiger partial charge in [-0.05, 0) is 44.0 Å². The Labute approximate surface area is 176 Å². The van der Waals surface area contributed by atoms with Crippen LogP contribution in [0.5, 0.6) is 0 Å². The fourth-order valence-corrected chi connectivity index (χ4v) is 5.39. The van der Waals surface area contributed by atoms with Gasteiger partial charge in [-0.1, -0.05) is 42.7 Å². The van der Waals surface area contributed by atoms with E-state index in [1.54, 1.807) is 6.07 Å². The number of carboxylic acids is 1. The number of sulfonamides is 1. The lowest BCUT2D eigenvalue weighted by Gasteiger charge is -2.20. The Kier molecular flexibility index (Phi) is 5.58. The number of carbonyl (C=O) groups is 1. The summed E-state index contributed by atoms with van der Waals surface area (Å²) in [6.07, 6.45) is 3.74. The molecule has 0 aliphatic carbocycles. The smallest absolute Gasteiger partial charge is 0.336 e. The molecule has 1 fully saturated rings. The van der Waals surface area contributed by atoms with Crippen LogP contribution in [0.1, 0.15) is 41.6 Å². The number of aromatic nitrogens is 1. The molecular formula is C23H24N2O4S. The molecule has 0 atom stereocenters. The van der Waals surface area contributed by atoms with Crippen LogP contribution in [0.25, 0.3) is 22.2 Å². The van der Waals surface area contributed by atoms with Crippen LogP contribution in [0.3, 0.4) is 0 Å². The number of aryl methyl sites for hydroxylation is 1. The molecule has 6 nitrogen and oxygen atoms in total. The molecule has 1 N–H and O–H groups in total. The fraction of sp³-hybridized carbons (Fsp3) is 0.304. The highest BCUT2D eigenvalue weighted by molar-refractivity contribution is 7.89. The van der Waals surface area contributed by atoms with Gasteiger partial charge in [-0.2, -0.15) is 4.31 Å². The van der Waals surface area contributed by atoms with Gasteiger partial charge in [-0.25, -0.2) is 18.2 Å². The number of carboxylic acid groups (broad SMARTS) is 1. The number of aromatic carboxylic acids is 1. The van der Waals surface area contributed by atoms with E-state index in [0.717, 1.165) is 36.8 Å². The molecule has 0 saturated carbocycles. The van der Waals surface area contributed by atoms with E-state index >= 15 is 0 Å². The number of nitrogens with zero attached hydrogens (tertiary/aromatic N) is 2. The Balaban J connectivity index is 1.82. The highest BCUT2D eigenvalue weighted by atomic mass is 32.2. The van der Waals surface area contributed by atoms with Crippen molar-refractivity contribution in [2.75, 3.05) is 13.1 Å². The van der Waals surface area contributed by atoms with Crippen molar-refractivity contribution in [1.29, 1.82) is 0 Å².